The number of methoxy groups -OCH3 is 1. The van der Waals surface area contributed by atoms with Gasteiger partial charge < -0.3 is 14.5 Å². The monoisotopic (exact) mass is 345 g/mol. The lowest BCUT2D eigenvalue weighted by molar-refractivity contribution is -0.140. The van der Waals surface area contributed by atoms with Crippen molar-refractivity contribution >= 4 is 17.7 Å². The number of carbonyl (C=O) groups excluding carboxylic acids is 2. The van der Waals surface area contributed by atoms with Gasteiger partial charge in [0, 0.05) is 43.7 Å². The molecule has 1 spiro atoms. The second kappa shape index (κ2) is 7.02. The summed E-state index contributed by atoms with van der Waals surface area (Å²) >= 11 is 0. The smallest absolute Gasteiger partial charge is 0.341 e. The third-order valence-corrected chi connectivity index (χ3v) is 5.47. The number of esters is 1. The number of ether oxygens (including phenoxy) is 1. The van der Waals surface area contributed by atoms with E-state index < -0.39 is 0 Å². The predicted octanol–water partition coefficient (Wildman–Crippen LogP) is 2.49. The number of pyridine rings is 1. The van der Waals surface area contributed by atoms with Crippen LogP contribution in [0.25, 0.3) is 0 Å². The molecule has 2 aliphatic rings. The highest BCUT2D eigenvalue weighted by Gasteiger charge is 2.43. The van der Waals surface area contributed by atoms with Crippen molar-refractivity contribution in [3.8, 4) is 0 Å². The van der Waals surface area contributed by atoms with Crippen LogP contribution in [-0.2, 0) is 9.53 Å². The van der Waals surface area contributed by atoms with E-state index in [1.807, 2.05) is 4.90 Å². The Labute approximate surface area is 149 Å². The molecule has 6 nitrogen and oxygen atoms in total. The van der Waals surface area contributed by atoms with Gasteiger partial charge in [-0.3, -0.25) is 4.79 Å². The molecule has 0 radical (unpaired) electrons. The van der Waals surface area contributed by atoms with Crippen LogP contribution in [0.3, 0.4) is 0 Å². The first-order valence-corrected chi connectivity index (χ1v) is 9.03. The molecule has 1 atom stereocenters. The minimum absolute atomic E-state index is 0.0847. The van der Waals surface area contributed by atoms with E-state index >= 15 is 0 Å². The second-order valence-electron chi connectivity index (χ2n) is 7.51. The van der Waals surface area contributed by atoms with E-state index in [1.165, 1.54) is 7.11 Å². The van der Waals surface area contributed by atoms with E-state index in [4.69, 9.17) is 4.74 Å². The van der Waals surface area contributed by atoms with Crippen LogP contribution in [0.1, 0.15) is 49.9 Å². The summed E-state index contributed by atoms with van der Waals surface area (Å²) in [5, 5.41) is 0. The molecule has 2 aliphatic heterocycles. The molecule has 25 heavy (non-hydrogen) atoms. The minimum atomic E-state index is -0.356. The Morgan fingerprint density at radius 1 is 1.32 bits per heavy atom. The van der Waals surface area contributed by atoms with Gasteiger partial charge in [-0.25, -0.2) is 9.78 Å². The van der Waals surface area contributed by atoms with E-state index in [9.17, 15) is 9.59 Å². The Kier molecular flexibility index (Phi) is 4.97. The van der Waals surface area contributed by atoms with Crippen molar-refractivity contribution in [1.29, 1.82) is 0 Å². The molecule has 0 N–H and O–H groups in total. The van der Waals surface area contributed by atoms with E-state index in [-0.39, 0.29) is 23.3 Å². The topological polar surface area (TPSA) is 62.7 Å². The normalized spacial score (nSPS) is 24.1. The number of aromatic nitrogens is 1. The molecule has 0 bridgehead atoms. The number of hydrogen-bond acceptors (Lipinski definition) is 5. The first-order valence-electron chi connectivity index (χ1n) is 9.03. The molecule has 0 aliphatic carbocycles. The fourth-order valence-corrected chi connectivity index (χ4v) is 4.15. The number of carbonyl (C=O) groups is 2. The van der Waals surface area contributed by atoms with Crippen molar-refractivity contribution in [2.75, 3.05) is 31.6 Å². The molecular weight excluding hydrogens is 318 g/mol. The quantitative estimate of drug-likeness (QED) is 0.788. The van der Waals surface area contributed by atoms with Gasteiger partial charge in [0.05, 0.1) is 7.11 Å². The lowest BCUT2D eigenvalue weighted by atomic mass is 9.73. The molecule has 136 valence electrons. The number of anilines is 1. The highest BCUT2D eigenvalue weighted by Crippen LogP contribution is 2.40. The first kappa shape index (κ1) is 17.7. The number of rotatable bonds is 3. The summed E-state index contributed by atoms with van der Waals surface area (Å²) in [4.78, 5) is 33.0. The average Bonchev–Trinajstić information content (AvgIpc) is 2.63. The van der Waals surface area contributed by atoms with Crippen LogP contribution in [0.15, 0.2) is 18.3 Å². The van der Waals surface area contributed by atoms with Gasteiger partial charge in [0.15, 0.2) is 0 Å². The van der Waals surface area contributed by atoms with Gasteiger partial charge in [-0.15, -0.1) is 0 Å². The maximum Gasteiger partial charge on any atom is 0.341 e. The van der Waals surface area contributed by atoms with E-state index in [0.29, 0.717) is 17.8 Å². The summed E-state index contributed by atoms with van der Waals surface area (Å²) in [5.74, 6) is 0.595. The molecule has 1 amide bonds. The highest BCUT2D eigenvalue weighted by molar-refractivity contribution is 5.94. The predicted molar refractivity (Wildman–Crippen MR) is 95.5 cm³/mol. The van der Waals surface area contributed by atoms with Crippen molar-refractivity contribution in [3.05, 3.63) is 23.9 Å². The molecule has 2 fully saturated rings. The molecule has 1 aromatic heterocycles. The van der Waals surface area contributed by atoms with Crippen LogP contribution >= 0.6 is 0 Å². The zero-order valence-corrected chi connectivity index (χ0v) is 15.3. The summed E-state index contributed by atoms with van der Waals surface area (Å²) in [5.41, 5.74) is 0.594. The van der Waals surface area contributed by atoms with Gasteiger partial charge in [0.1, 0.15) is 11.4 Å². The van der Waals surface area contributed by atoms with Gasteiger partial charge in [-0.05, 0) is 45.2 Å². The van der Waals surface area contributed by atoms with Crippen molar-refractivity contribution < 1.29 is 14.3 Å². The zero-order chi connectivity index (χ0) is 18.0. The Morgan fingerprint density at radius 2 is 2.12 bits per heavy atom. The maximum atomic E-state index is 12.2. The summed E-state index contributed by atoms with van der Waals surface area (Å²) < 4.78 is 4.91. The summed E-state index contributed by atoms with van der Waals surface area (Å²) in [6.07, 6.45) is 5.38. The zero-order valence-electron chi connectivity index (χ0n) is 15.3. The van der Waals surface area contributed by atoms with Crippen LogP contribution < -0.4 is 4.90 Å². The van der Waals surface area contributed by atoms with Crippen LogP contribution in [-0.4, -0.2) is 54.5 Å². The average molecular weight is 345 g/mol. The molecule has 2 saturated heterocycles. The largest absolute Gasteiger partial charge is 0.465 e. The Morgan fingerprint density at radius 3 is 2.84 bits per heavy atom. The summed E-state index contributed by atoms with van der Waals surface area (Å²) in [6.45, 7) is 6.64. The minimum Gasteiger partial charge on any atom is -0.465 e. The number of likely N-dealkylation sites (tertiary alicyclic amines) is 1. The van der Waals surface area contributed by atoms with Gasteiger partial charge in [-0.1, -0.05) is 0 Å². The lowest BCUT2D eigenvalue weighted by Gasteiger charge is -2.49. The van der Waals surface area contributed by atoms with Crippen molar-refractivity contribution in [2.24, 2.45) is 5.41 Å². The Hall–Kier alpha value is -2.11. The van der Waals surface area contributed by atoms with Gasteiger partial charge in [-0.2, -0.15) is 0 Å². The van der Waals surface area contributed by atoms with Crippen LogP contribution in [0.5, 0.6) is 0 Å². The van der Waals surface area contributed by atoms with Crippen molar-refractivity contribution in [2.45, 2.75) is 45.6 Å². The Bertz CT molecular complexity index is 661. The molecule has 6 heteroatoms. The van der Waals surface area contributed by atoms with Gasteiger partial charge in [0.25, 0.3) is 0 Å². The molecule has 3 rings (SSSR count). The van der Waals surface area contributed by atoms with E-state index in [2.05, 4.69) is 23.7 Å². The van der Waals surface area contributed by atoms with Crippen molar-refractivity contribution in [3.63, 3.8) is 0 Å². The second-order valence-corrected chi connectivity index (χ2v) is 7.51. The molecule has 1 unspecified atom stereocenters. The van der Waals surface area contributed by atoms with E-state index in [1.54, 1.807) is 18.3 Å². The molecular formula is C19H27N3O3. The van der Waals surface area contributed by atoms with Gasteiger partial charge >= 0.3 is 5.97 Å². The van der Waals surface area contributed by atoms with Crippen LogP contribution in [0, 0.1) is 5.41 Å². The molecule has 0 aromatic carbocycles. The highest BCUT2D eigenvalue weighted by atomic mass is 16.5. The van der Waals surface area contributed by atoms with Crippen LogP contribution in [0.4, 0.5) is 5.82 Å². The number of amides is 1. The van der Waals surface area contributed by atoms with Crippen molar-refractivity contribution in [1.82, 2.24) is 9.88 Å². The fraction of sp³-hybridized carbons (Fsp3) is 0.632. The number of nitrogens with zero attached hydrogens (tertiary/aromatic N) is 3. The van der Waals surface area contributed by atoms with Crippen LogP contribution in [0.2, 0.25) is 0 Å². The van der Waals surface area contributed by atoms with Gasteiger partial charge in [0.2, 0.25) is 5.91 Å². The Balaban J connectivity index is 1.85. The molecule has 1 aromatic rings. The first-order chi connectivity index (χ1) is 12.0. The SMILES string of the molecule is COC(=O)c1cccnc1N1CCCC2(CCC(=O)N(C(C)C)C2)C1. The third kappa shape index (κ3) is 3.48. The molecule has 0 saturated carbocycles. The molecule has 3 heterocycles. The van der Waals surface area contributed by atoms with E-state index in [0.717, 1.165) is 38.9 Å². The third-order valence-electron chi connectivity index (χ3n) is 5.47. The summed E-state index contributed by atoms with van der Waals surface area (Å²) in [6, 6.07) is 3.75. The fourth-order valence-electron chi connectivity index (χ4n) is 4.15. The lowest BCUT2D eigenvalue weighted by Crippen LogP contribution is -2.56. The summed E-state index contributed by atoms with van der Waals surface area (Å²) in [7, 11) is 1.39. The standard InChI is InChI=1S/C19H27N3O3/c1-14(2)22-13-19(9-7-16(22)23)8-5-11-21(12-19)17-15(18(24)25-3)6-4-10-20-17/h4,6,10,14H,5,7-9,11-13H2,1-3H3. The number of hydrogen-bond donors (Lipinski definition) is 0. The maximum absolute atomic E-state index is 12.2. The number of piperidine rings is 2.